The van der Waals surface area contributed by atoms with Crippen molar-refractivity contribution in [2.75, 3.05) is 14.1 Å². The maximum absolute atomic E-state index is 11.5. The number of hydrogen-bond acceptors (Lipinski definition) is 5. The number of imidazole rings is 1. The van der Waals surface area contributed by atoms with Crippen molar-refractivity contribution >= 4 is 22.9 Å². The Labute approximate surface area is 81.9 Å². The van der Waals surface area contributed by atoms with Crippen molar-refractivity contribution in [2.45, 2.75) is 0 Å². The smallest absolute Gasteiger partial charge is 0.422 e. The lowest BCUT2D eigenvalue weighted by Gasteiger charge is -2.10. The molecule has 1 aromatic heterocycles. The molecular formula is C5H10BN3O4S. The van der Waals surface area contributed by atoms with E-state index in [-0.39, 0.29) is 5.59 Å². The summed E-state index contributed by atoms with van der Waals surface area (Å²) in [6, 6.07) is 0. The van der Waals surface area contributed by atoms with Gasteiger partial charge in [0.25, 0.3) is 0 Å². The van der Waals surface area contributed by atoms with E-state index in [1.807, 2.05) is 0 Å². The van der Waals surface area contributed by atoms with Crippen LogP contribution in [0.4, 0.5) is 0 Å². The van der Waals surface area contributed by atoms with Crippen LogP contribution < -0.4 is 5.59 Å². The lowest BCUT2D eigenvalue weighted by Crippen LogP contribution is -2.32. The van der Waals surface area contributed by atoms with Crippen molar-refractivity contribution in [3.05, 3.63) is 12.5 Å². The van der Waals surface area contributed by atoms with Crippen molar-refractivity contribution in [1.82, 2.24) is 13.3 Å². The molecule has 0 atom stereocenters. The van der Waals surface area contributed by atoms with Crippen LogP contribution in [0.15, 0.2) is 12.5 Å². The van der Waals surface area contributed by atoms with Gasteiger partial charge in [-0.3, -0.25) is 0 Å². The van der Waals surface area contributed by atoms with E-state index in [9.17, 15) is 8.42 Å². The summed E-state index contributed by atoms with van der Waals surface area (Å²) in [6.07, 6.45) is 2.05. The predicted octanol–water partition coefficient (Wildman–Crippen LogP) is -2.78. The molecule has 0 radical (unpaired) electrons. The maximum atomic E-state index is 11.5. The third-order valence-electron chi connectivity index (χ3n) is 1.57. The Morgan fingerprint density at radius 3 is 2.43 bits per heavy atom. The average Bonchev–Trinajstić information content (AvgIpc) is 2.51. The first-order valence-corrected chi connectivity index (χ1v) is 5.08. The van der Waals surface area contributed by atoms with Gasteiger partial charge in [-0.1, -0.05) is 0 Å². The molecule has 0 aromatic carbocycles. The van der Waals surface area contributed by atoms with Crippen LogP contribution in [0, 0.1) is 0 Å². The maximum Gasteiger partial charge on any atom is 0.509 e. The summed E-state index contributed by atoms with van der Waals surface area (Å²) >= 11 is 0. The van der Waals surface area contributed by atoms with Crippen LogP contribution in [0.3, 0.4) is 0 Å². The summed E-state index contributed by atoms with van der Waals surface area (Å²) in [7, 11) is -2.66. The van der Waals surface area contributed by atoms with Crippen LogP contribution in [0.25, 0.3) is 0 Å². The van der Waals surface area contributed by atoms with E-state index < -0.39 is 17.3 Å². The lowest BCUT2D eigenvalue weighted by molar-refractivity contribution is 0.424. The zero-order valence-corrected chi connectivity index (χ0v) is 8.51. The molecule has 1 heterocycles. The fourth-order valence-electron chi connectivity index (χ4n) is 0.769. The minimum Gasteiger partial charge on any atom is -0.422 e. The highest BCUT2D eigenvalue weighted by atomic mass is 32.2. The van der Waals surface area contributed by atoms with Crippen LogP contribution in [-0.2, 0) is 10.2 Å². The molecule has 7 nitrogen and oxygen atoms in total. The molecule has 0 aliphatic heterocycles. The fourth-order valence-corrected chi connectivity index (χ4v) is 1.55. The highest BCUT2D eigenvalue weighted by Crippen LogP contribution is 1.98. The molecule has 0 fully saturated rings. The zero-order valence-electron chi connectivity index (χ0n) is 7.69. The Hall–Kier alpha value is -0.895. The number of hydrogen-bond donors (Lipinski definition) is 2. The topological polar surface area (TPSA) is 95.7 Å². The monoisotopic (exact) mass is 219 g/mol. The van der Waals surface area contributed by atoms with E-state index in [1.165, 1.54) is 14.1 Å². The summed E-state index contributed by atoms with van der Waals surface area (Å²) in [5.74, 6) is 0. The fraction of sp³-hybridized carbons (Fsp3) is 0.400. The Morgan fingerprint density at radius 1 is 1.50 bits per heavy atom. The van der Waals surface area contributed by atoms with Gasteiger partial charge in [0.2, 0.25) is 0 Å². The van der Waals surface area contributed by atoms with Crippen molar-refractivity contribution in [3.8, 4) is 0 Å². The van der Waals surface area contributed by atoms with Gasteiger partial charge in [0.1, 0.15) is 6.33 Å². The summed E-state index contributed by atoms with van der Waals surface area (Å²) in [6.45, 7) is 0. The molecule has 0 spiro atoms. The number of nitrogens with zero attached hydrogens (tertiary/aromatic N) is 3. The highest BCUT2D eigenvalue weighted by Gasteiger charge is 2.20. The van der Waals surface area contributed by atoms with Gasteiger partial charge in [-0.25, -0.2) is 8.96 Å². The van der Waals surface area contributed by atoms with Crippen molar-refractivity contribution < 1.29 is 18.5 Å². The molecule has 0 bridgehead atoms. The summed E-state index contributed by atoms with van der Waals surface area (Å²) in [4.78, 5) is 3.52. The van der Waals surface area contributed by atoms with Crippen molar-refractivity contribution in [1.29, 1.82) is 0 Å². The van der Waals surface area contributed by atoms with Crippen LogP contribution >= 0.6 is 0 Å². The first kappa shape index (κ1) is 11.2. The minimum absolute atomic E-state index is 0.115. The van der Waals surface area contributed by atoms with Crippen LogP contribution in [0.5, 0.6) is 0 Å². The van der Waals surface area contributed by atoms with Gasteiger partial charge in [0.05, 0.1) is 5.59 Å². The van der Waals surface area contributed by atoms with Crippen LogP contribution in [0.1, 0.15) is 0 Å². The molecule has 14 heavy (non-hydrogen) atoms. The van der Waals surface area contributed by atoms with E-state index in [1.54, 1.807) is 0 Å². The molecule has 0 unspecified atom stereocenters. The second-order valence-electron chi connectivity index (χ2n) is 2.79. The van der Waals surface area contributed by atoms with E-state index >= 15 is 0 Å². The average molecular weight is 219 g/mol. The minimum atomic E-state index is -3.62. The molecule has 1 aromatic rings. The van der Waals surface area contributed by atoms with Crippen LogP contribution in [-0.4, -0.2) is 52.9 Å². The molecular weight excluding hydrogens is 209 g/mol. The highest BCUT2D eigenvalue weighted by molar-refractivity contribution is 7.87. The molecule has 0 aliphatic carbocycles. The molecule has 0 saturated heterocycles. The largest absolute Gasteiger partial charge is 0.509 e. The van der Waals surface area contributed by atoms with E-state index in [4.69, 9.17) is 10.0 Å². The first-order valence-electron chi connectivity index (χ1n) is 3.68. The Kier molecular flexibility index (Phi) is 2.95. The van der Waals surface area contributed by atoms with Crippen molar-refractivity contribution in [2.24, 2.45) is 0 Å². The first-order chi connectivity index (χ1) is 6.35. The van der Waals surface area contributed by atoms with E-state index in [0.717, 1.165) is 20.8 Å². The van der Waals surface area contributed by atoms with Gasteiger partial charge in [-0.2, -0.15) is 12.7 Å². The summed E-state index contributed by atoms with van der Waals surface area (Å²) < 4.78 is 24.7. The van der Waals surface area contributed by atoms with Gasteiger partial charge in [-0.15, -0.1) is 0 Å². The second kappa shape index (κ2) is 3.69. The SMILES string of the molecule is CN(C)S(=O)(=O)n1cnc(B(O)O)c1. The Morgan fingerprint density at radius 2 is 2.07 bits per heavy atom. The molecule has 0 aliphatic rings. The molecule has 0 saturated carbocycles. The zero-order chi connectivity index (χ0) is 10.9. The Bertz CT molecular complexity index is 412. The second-order valence-corrected chi connectivity index (χ2v) is 4.84. The van der Waals surface area contributed by atoms with Gasteiger partial charge in [0.15, 0.2) is 0 Å². The summed E-state index contributed by atoms with van der Waals surface area (Å²) in [5, 5.41) is 17.4. The third kappa shape index (κ3) is 1.95. The van der Waals surface area contributed by atoms with Gasteiger partial charge < -0.3 is 10.0 Å². The quantitative estimate of drug-likeness (QED) is 0.536. The molecule has 2 N–H and O–H groups in total. The normalized spacial score (nSPS) is 12.1. The summed E-state index contributed by atoms with van der Waals surface area (Å²) in [5.41, 5.74) is -0.115. The van der Waals surface area contributed by atoms with Crippen molar-refractivity contribution in [3.63, 3.8) is 0 Å². The predicted molar refractivity (Wildman–Crippen MR) is 50.1 cm³/mol. The molecule has 0 amide bonds. The Balaban J connectivity index is 3.10. The molecule has 1 rings (SSSR count). The third-order valence-corrected chi connectivity index (χ3v) is 3.23. The van der Waals surface area contributed by atoms with E-state index in [0.29, 0.717) is 0 Å². The van der Waals surface area contributed by atoms with Crippen LogP contribution in [0.2, 0.25) is 0 Å². The molecule has 9 heteroatoms. The number of rotatable bonds is 3. The standard InChI is InChI=1S/C5H10BN3O4S/c1-8(2)14(12,13)9-3-5(6(10)11)7-4-9/h3-4,10-11H,1-2H3. The van der Waals surface area contributed by atoms with E-state index in [2.05, 4.69) is 4.98 Å². The number of aromatic nitrogens is 2. The van der Waals surface area contributed by atoms with Gasteiger partial charge in [-0.05, 0) is 0 Å². The molecule has 78 valence electrons. The lowest BCUT2D eigenvalue weighted by atomic mass is 9.87. The van der Waals surface area contributed by atoms with Gasteiger partial charge in [0, 0.05) is 20.3 Å². The van der Waals surface area contributed by atoms with Gasteiger partial charge >= 0.3 is 17.3 Å².